The van der Waals surface area contributed by atoms with E-state index in [2.05, 4.69) is 10.6 Å². The van der Waals surface area contributed by atoms with Gasteiger partial charge in [-0.1, -0.05) is 44.2 Å². The number of Topliss-reactive ketones (excluding diaryl/α,β-unsaturated/α-hetero) is 3. The molecule has 1 aromatic rings. The molecule has 39 heavy (non-hydrogen) atoms. The first-order valence-corrected chi connectivity index (χ1v) is 13.4. The Labute approximate surface area is 233 Å². The van der Waals surface area contributed by atoms with E-state index < -0.39 is 78.1 Å². The maximum absolute atomic E-state index is 13.3. The SMILES string of the molecule is CC(=O)NC(Cc1ccccc1)C(=O)CC(CC(C)C)C(=O)NC(C(=O)CC(CC(=O)O)C(=O)CCl)C(C)O. The van der Waals surface area contributed by atoms with E-state index in [0.717, 1.165) is 5.56 Å². The number of aliphatic hydroxyl groups is 1. The first-order valence-electron chi connectivity index (χ1n) is 12.9. The quantitative estimate of drug-likeness (QED) is 0.196. The lowest BCUT2D eigenvalue weighted by atomic mass is 9.87. The van der Waals surface area contributed by atoms with Crippen molar-refractivity contribution < 1.29 is 39.0 Å². The highest BCUT2D eigenvalue weighted by molar-refractivity contribution is 6.28. The third-order valence-electron chi connectivity index (χ3n) is 6.21. The molecular weight excluding hydrogens is 528 g/mol. The topological polar surface area (TPSA) is 167 Å². The molecule has 1 aromatic carbocycles. The van der Waals surface area contributed by atoms with Crippen LogP contribution in [0, 0.1) is 17.8 Å². The number of carbonyl (C=O) groups excluding carboxylic acids is 5. The number of carboxylic acids is 1. The van der Waals surface area contributed by atoms with Gasteiger partial charge in [-0.25, -0.2) is 0 Å². The molecule has 0 aliphatic heterocycles. The summed E-state index contributed by atoms with van der Waals surface area (Å²) >= 11 is 5.56. The van der Waals surface area contributed by atoms with Crippen molar-refractivity contribution in [2.24, 2.45) is 17.8 Å². The number of aliphatic carboxylic acids is 1. The molecule has 0 spiro atoms. The van der Waals surface area contributed by atoms with Crippen LogP contribution >= 0.6 is 11.6 Å². The standard InChI is InChI=1S/C28H39ClN2O8/c1-16(2)10-21(13-23(34)22(30-18(4)33)11-19-8-6-5-7-9-19)28(39)31-27(17(3)32)24(35)12-20(14-26(37)38)25(36)15-29/h5-9,16-17,20-22,27,32H,10-15H2,1-4H3,(H,30,33)(H,31,39)(H,37,38). The Morgan fingerprint density at radius 3 is 1.92 bits per heavy atom. The van der Waals surface area contributed by atoms with Gasteiger partial charge in [-0.05, 0) is 31.2 Å². The van der Waals surface area contributed by atoms with Crippen LogP contribution in [-0.2, 0) is 35.2 Å². The molecule has 0 aliphatic rings. The molecule has 5 unspecified atom stereocenters. The fraction of sp³-hybridized carbons (Fsp3) is 0.571. The molecule has 0 fully saturated rings. The molecule has 0 saturated heterocycles. The number of halogens is 1. The number of rotatable bonds is 18. The van der Waals surface area contributed by atoms with Crippen LogP contribution < -0.4 is 10.6 Å². The van der Waals surface area contributed by atoms with Crippen molar-refractivity contribution in [3.05, 3.63) is 35.9 Å². The fourth-order valence-corrected chi connectivity index (χ4v) is 4.53. The van der Waals surface area contributed by atoms with E-state index in [1.807, 2.05) is 44.2 Å². The summed E-state index contributed by atoms with van der Waals surface area (Å²) in [6.07, 6.45) is -2.17. The van der Waals surface area contributed by atoms with Crippen LogP contribution in [0.5, 0.6) is 0 Å². The molecule has 0 heterocycles. The number of hydrogen-bond donors (Lipinski definition) is 4. The Morgan fingerprint density at radius 1 is 0.846 bits per heavy atom. The van der Waals surface area contributed by atoms with Gasteiger partial charge in [0.15, 0.2) is 17.3 Å². The lowest BCUT2D eigenvalue weighted by molar-refractivity contribution is -0.141. The van der Waals surface area contributed by atoms with Crippen LogP contribution in [0.15, 0.2) is 30.3 Å². The van der Waals surface area contributed by atoms with Crippen LogP contribution in [0.25, 0.3) is 0 Å². The van der Waals surface area contributed by atoms with Gasteiger partial charge in [-0.15, -0.1) is 11.6 Å². The van der Waals surface area contributed by atoms with Gasteiger partial charge in [0.2, 0.25) is 11.8 Å². The number of carbonyl (C=O) groups is 6. The van der Waals surface area contributed by atoms with Gasteiger partial charge in [0.1, 0.15) is 6.04 Å². The summed E-state index contributed by atoms with van der Waals surface area (Å²) in [4.78, 5) is 74.5. The molecule has 4 N–H and O–H groups in total. The molecule has 0 radical (unpaired) electrons. The number of carboxylic acid groups (broad SMARTS) is 1. The summed E-state index contributed by atoms with van der Waals surface area (Å²) in [6.45, 7) is 6.32. The van der Waals surface area contributed by atoms with Crippen LogP contribution in [0.1, 0.15) is 58.9 Å². The number of hydrogen-bond acceptors (Lipinski definition) is 7. The molecule has 1 rings (SSSR count). The molecule has 5 atom stereocenters. The Bertz CT molecular complexity index is 1010. The van der Waals surface area contributed by atoms with Crippen molar-refractivity contribution in [1.82, 2.24) is 10.6 Å². The minimum Gasteiger partial charge on any atom is -0.481 e. The second-order valence-corrected chi connectivity index (χ2v) is 10.5. The zero-order valence-electron chi connectivity index (χ0n) is 22.8. The summed E-state index contributed by atoms with van der Waals surface area (Å²) in [5, 5.41) is 24.5. The Kier molecular flexibility index (Phi) is 14.6. The van der Waals surface area contributed by atoms with Crippen molar-refractivity contribution in [3.63, 3.8) is 0 Å². The van der Waals surface area contributed by atoms with Crippen molar-refractivity contribution in [2.45, 2.75) is 78.0 Å². The predicted octanol–water partition coefficient (Wildman–Crippen LogP) is 2.08. The molecule has 10 nitrogen and oxygen atoms in total. The Balaban J connectivity index is 3.09. The van der Waals surface area contributed by atoms with E-state index in [-0.39, 0.29) is 24.5 Å². The maximum atomic E-state index is 13.3. The van der Waals surface area contributed by atoms with Crippen molar-refractivity contribution in [3.8, 4) is 0 Å². The lowest BCUT2D eigenvalue weighted by Crippen LogP contribution is -2.51. The molecule has 0 bridgehead atoms. The van der Waals surface area contributed by atoms with Gasteiger partial charge >= 0.3 is 5.97 Å². The summed E-state index contributed by atoms with van der Waals surface area (Å²) < 4.78 is 0. The van der Waals surface area contributed by atoms with Gasteiger partial charge in [-0.2, -0.15) is 0 Å². The highest BCUT2D eigenvalue weighted by atomic mass is 35.5. The summed E-state index contributed by atoms with van der Waals surface area (Å²) in [6, 6.07) is 6.83. The zero-order valence-corrected chi connectivity index (χ0v) is 23.6. The molecule has 0 saturated carbocycles. The maximum Gasteiger partial charge on any atom is 0.304 e. The molecule has 0 aliphatic carbocycles. The minimum atomic E-state index is -1.42. The van der Waals surface area contributed by atoms with Crippen molar-refractivity contribution in [2.75, 3.05) is 5.88 Å². The van der Waals surface area contributed by atoms with E-state index in [1.165, 1.54) is 13.8 Å². The van der Waals surface area contributed by atoms with Crippen LogP contribution in [0.2, 0.25) is 0 Å². The van der Waals surface area contributed by atoms with Gasteiger partial charge in [0.05, 0.1) is 24.4 Å². The van der Waals surface area contributed by atoms with E-state index in [4.69, 9.17) is 16.7 Å². The summed E-state index contributed by atoms with van der Waals surface area (Å²) in [7, 11) is 0. The first kappa shape index (κ1) is 33.9. The molecule has 0 aromatic heterocycles. The largest absolute Gasteiger partial charge is 0.481 e. The Morgan fingerprint density at radius 2 is 1.44 bits per heavy atom. The first-order chi connectivity index (χ1) is 18.2. The number of benzene rings is 1. The second-order valence-electron chi connectivity index (χ2n) is 10.2. The molecule has 216 valence electrons. The highest BCUT2D eigenvalue weighted by Crippen LogP contribution is 2.20. The number of ketones is 3. The van der Waals surface area contributed by atoms with Crippen LogP contribution in [0.3, 0.4) is 0 Å². The van der Waals surface area contributed by atoms with Crippen molar-refractivity contribution >= 4 is 46.7 Å². The van der Waals surface area contributed by atoms with Crippen molar-refractivity contribution in [1.29, 1.82) is 0 Å². The monoisotopic (exact) mass is 566 g/mol. The summed E-state index contributed by atoms with van der Waals surface area (Å²) in [5.41, 5.74) is 0.830. The van der Waals surface area contributed by atoms with Crippen LogP contribution in [-0.4, -0.2) is 69.4 Å². The van der Waals surface area contributed by atoms with E-state index in [0.29, 0.717) is 6.42 Å². The average molecular weight is 567 g/mol. The smallest absolute Gasteiger partial charge is 0.304 e. The minimum absolute atomic E-state index is 0.00359. The van der Waals surface area contributed by atoms with Gasteiger partial charge in [0, 0.05) is 31.6 Å². The van der Waals surface area contributed by atoms with Gasteiger partial charge < -0.3 is 20.8 Å². The predicted molar refractivity (Wildman–Crippen MR) is 145 cm³/mol. The third kappa shape index (κ3) is 12.5. The fourth-order valence-electron chi connectivity index (χ4n) is 4.31. The van der Waals surface area contributed by atoms with Crippen LogP contribution in [0.4, 0.5) is 0 Å². The number of aliphatic hydroxyl groups excluding tert-OH is 1. The second kappa shape index (κ2) is 16.8. The Hall–Kier alpha value is -3.11. The summed E-state index contributed by atoms with van der Waals surface area (Å²) in [5.74, 6) is -6.57. The molecule has 2 amide bonds. The van der Waals surface area contributed by atoms with Gasteiger partial charge in [-0.3, -0.25) is 28.8 Å². The lowest BCUT2D eigenvalue weighted by Gasteiger charge is -2.26. The molecule has 11 heteroatoms. The molecular formula is C28H39ClN2O8. The zero-order chi connectivity index (χ0) is 29.7. The van der Waals surface area contributed by atoms with Gasteiger partial charge in [0.25, 0.3) is 0 Å². The normalized spacial score (nSPS) is 14.9. The van der Waals surface area contributed by atoms with E-state index in [9.17, 15) is 33.9 Å². The van der Waals surface area contributed by atoms with E-state index >= 15 is 0 Å². The highest BCUT2D eigenvalue weighted by Gasteiger charge is 2.34. The van der Waals surface area contributed by atoms with E-state index in [1.54, 1.807) is 0 Å². The number of amides is 2. The average Bonchev–Trinajstić information content (AvgIpc) is 2.84. The number of alkyl halides is 1. The third-order valence-corrected chi connectivity index (χ3v) is 6.47. The number of nitrogens with one attached hydrogen (secondary N) is 2.